The van der Waals surface area contributed by atoms with Gasteiger partial charge in [-0.1, -0.05) is 11.2 Å². The van der Waals surface area contributed by atoms with E-state index in [1.807, 2.05) is 0 Å². The summed E-state index contributed by atoms with van der Waals surface area (Å²) in [5, 5.41) is 3.71. The summed E-state index contributed by atoms with van der Waals surface area (Å²) in [7, 11) is -6.01. The van der Waals surface area contributed by atoms with E-state index in [1.54, 1.807) is 19.9 Å². The van der Waals surface area contributed by atoms with E-state index in [0.717, 1.165) is 5.56 Å². The minimum Gasteiger partial charge on any atom is -0.360 e. The van der Waals surface area contributed by atoms with Crippen LogP contribution in [0.15, 0.2) is 32.5 Å². The average Bonchev–Trinajstić information content (AvgIpc) is 2.93. The Bertz CT molecular complexity index is 1010. The van der Waals surface area contributed by atoms with E-state index >= 15 is 0 Å². The van der Waals surface area contributed by atoms with Crippen molar-refractivity contribution in [1.29, 1.82) is 0 Å². The summed E-state index contributed by atoms with van der Waals surface area (Å²) in [5.41, 5.74) is 1.94. The molecule has 0 fully saturated rings. The molecule has 1 N–H and O–H groups in total. The predicted octanol–water partition coefficient (Wildman–Crippen LogP) is 0.947. The van der Waals surface area contributed by atoms with Crippen LogP contribution < -0.4 is 4.72 Å². The van der Waals surface area contributed by atoms with E-state index < -0.39 is 20.0 Å². The molecule has 0 amide bonds. The van der Waals surface area contributed by atoms with Gasteiger partial charge in [0.1, 0.15) is 10.6 Å². The average molecular weight is 385 g/mol. The van der Waals surface area contributed by atoms with E-state index in [4.69, 9.17) is 4.52 Å². The number of aromatic nitrogens is 1. The Labute approximate surface area is 146 Å². The number of benzene rings is 1. The van der Waals surface area contributed by atoms with Gasteiger partial charge in [-0.3, -0.25) is 0 Å². The number of rotatable bonds is 4. The van der Waals surface area contributed by atoms with Crippen LogP contribution >= 0.6 is 0 Å². The second-order valence-corrected chi connectivity index (χ2v) is 9.64. The third-order valence-electron chi connectivity index (χ3n) is 4.30. The van der Waals surface area contributed by atoms with Crippen molar-refractivity contribution >= 4 is 20.0 Å². The third-order valence-corrected chi connectivity index (χ3v) is 7.80. The van der Waals surface area contributed by atoms with E-state index in [1.165, 1.54) is 23.5 Å². The number of nitrogens with zero attached hydrogens (tertiary/aromatic N) is 2. The minimum atomic E-state index is -3.76. The Morgan fingerprint density at radius 2 is 1.88 bits per heavy atom. The van der Waals surface area contributed by atoms with E-state index in [9.17, 15) is 16.8 Å². The van der Waals surface area contributed by atoms with Crippen molar-refractivity contribution in [2.45, 2.75) is 36.6 Å². The first-order valence-electron chi connectivity index (χ1n) is 7.65. The predicted molar refractivity (Wildman–Crippen MR) is 90.0 cm³/mol. The van der Waals surface area contributed by atoms with Crippen LogP contribution in [0.25, 0.3) is 0 Å². The molecule has 0 aliphatic carbocycles. The van der Waals surface area contributed by atoms with Crippen LogP contribution in [-0.4, -0.2) is 39.9 Å². The number of hydrogen-bond acceptors (Lipinski definition) is 6. The Morgan fingerprint density at radius 3 is 2.48 bits per heavy atom. The Kier molecular flexibility index (Phi) is 4.48. The van der Waals surface area contributed by atoms with Gasteiger partial charge in [0, 0.05) is 13.1 Å². The Morgan fingerprint density at radius 1 is 1.16 bits per heavy atom. The second kappa shape index (κ2) is 6.20. The van der Waals surface area contributed by atoms with Gasteiger partial charge in [0.05, 0.1) is 4.90 Å². The van der Waals surface area contributed by atoms with Gasteiger partial charge in [-0.25, -0.2) is 21.6 Å². The molecule has 1 aromatic carbocycles. The summed E-state index contributed by atoms with van der Waals surface area (Å²) in [5.74, 6) is 0.245. The van der Waals surface area contributed by atoms with Crippen LogP contribution in [0.4, 0.5) is 0 Å². The van der Waals surface area contributed by atoms with Gasteiger partial charge in [0.15, 0.2) is 5.76 Å². The molecule has 0 saturated heterocycles. The molecular weight excluding hydrogens is 366 g/mol. The molecule has 0 bridgehead atoms. The van der Waals surface area contributed by atoms with Gasteiger partial charge in [0.2, 0.25) is 20.0 Å². The summed E-state index contributed by atoms with van der Waals surface area (Å²) in [6.45, 7) is 3.56. The summed E-state index contributed by atoms with van der Waals surface area (Å²) in [6.07, 6.45) is 0.512. The molecule has 8 nitrogen and oxygen atoms in total. The van der Waals surface area contributed by atoms with E-state index in [-0.39, 0.29) is 22.1 Å². The highest BCUT2D eigenvalue weighted by Crippen LogP contribution is 2.29. The first-order valence-corrected chi connectivity index (χ1v) is 10.6. The van der Waals surface area contributed by atoms with Crippen LogP contribution in [0.5, 0.6) is 0 Å². The van der Waals surface area contributed by atoms with Gasteiger partial charge in [-0.2, -0.15) is 4.31 Å². The van der Waals surface area contributed by atoms with Crippen molar-refractivity contribution in [2.75, 3.05) is 13.6 Å². The molecule has 1 aromatic heterocycles. The van der Waals surface area contributed by atoms with E-state index in [2.05, 4.69) is 9.88 Å². The zero-order valence-corrected chi connectivity index (χ0v) is 15.7. The number of nitrogens with one attached hydrogen (secondary N) is 1. The van der Waals surface area contributed by atoms with Crippen LogP contribution in [0.3, 0.4) is 0 Å². The van der Waals surface area contributed by atoms with Crippen molar-refractivity contribution < 1.29 is 21.4 Å². The second-order valence-electron chi connectivity index (χ2n) is 5.88. The molecule has 2 heterocycles. The lowest BCUT2D eigenvalue weighted by atomic mass is 10.0. The van der Waals surface area contributed by atoms with Crippen molar-refractivity contribution in [3.63, 3.8) is 0 Å². The lowest BCUT2D eigenvalue weighted by Crippen LogP contribution is -2.36. The van der Waals surface area contributed by atoms with Gasteiger partial charge < -0.3 is 4.52 Å². The monoisotopic (exact) mass is 385 g/mol. The molecule has 0 spiro atoms. The molecular formula is C15H19N3O5S2. The minimum absolute atomic E-state index is 0.0787. The fraction of sp³-hybridized carbons (Fsp3) is 0.400. The highest BCUT2D eigenvalue weighted by molar-refractivity contribution is 7.89. The molecule has 2 aromatic rings. The third kappa shape index (κ3) is 3.10. The number of fused-ring (bicyclic) bond motifs is 1. The standard InChI is InChI=1S/C15H19N3O5S2/c1-10-15(11(2)23-17-10)25(21,22)18-7-6-12-4-5-14(8-13(12)9-18)24(19,20)16-3/h4-5,8,16H,6-7,9H2,1-3H3. The molecule has 0 saturated carbocycles. The van der Waals surface area contributed by atoms with Crippen LogP contribution in [0.2, 0.25) is 0 Å². The summed E-state index contributed by atoms with van der Waals surface area (Å²) >= 11 is 0. The molecule has 10 heteroatoms. The molecule has 1 aliphatic heterocycles. The summed E-state index contributed by atoms with van der Waals surface area (Å²) < 4.78 is 58.4. The maximum Gasteiger partial charge on any atom is 0.248 e. The summed E-state index contributed by atoms with van der Waals surface area (Å²) in [6, 6.07) is 4.79. The van der Waals surface area contributed by atoms with Crippen LogP contribution in [-0.2, 0) is 33.0 Å². The van der Waals surface area contributed by atoms with Gasteiger partial charge in [0.25, 0.3) is 0 Å². The first kappa shape index (κ1) is 18.1. The van der Waals surface area contributed by atoms with Crippen molar-refractivity contribution in [3.05, 3.63) is 40.8 Å². The first-order chi connectivity index (χ1) is 11.7. The Balaban J connectivity index is 1.99. The smallest absolute Gasteiger partial charge is 0.248 e. The van der Waals surface area contributed by atoms with Gasteiger partial charge in [-0.05, 0) is 50.6 Å². The molecule has 3 rings (SSSR count). The van der Waals surface area contributed by atoms with Gasteiger partial charge in [-0.15, -0.1) is 0 Å². The number of hydrogen-bond donors (Lipinski definition) is 1. The largest absolute Gasteiger partial charge is 0.360 e. The number of aryl methyl sites for hydroxylation is 2. The molecule has 0 radical (unpaired) electrons. The van der Waals surface area contributed by atoms with Crippen molar-refractivity contribution in [3.8, 4) is 0 Å². The van der Waals surface area contributed by atoms with Crippen LogP contribution in [0, 0.1) is 13.8 Å². The van der Waals surface area contributed by atoms with Crippen molar-refractivity contribution in [1.82, 2.24) is 14.2 Å². The molecule has 136 valence electrons. The highest BCUT2D eigenvalue weighted by Gasteiger charge is 2.33. The van der Waals surface area contributed by atoms with E-state index in [0.29, 0.717) is 24.2 Å². The molecule has 0 atom stereocenters. The highest BCUT2D eigenvalue weighted by atomic mass is 32.2. The quantitative estimate of drug-likeness (QED) is 0.839. The summed E-state index contributed by atoms with van der Waals surface area (Å²) in [4.78, 5) is 0.195. The fourth-order valence-corrected chi connectivity index (χ4v) is 5.46. The lowest BCUT2D eigenvalue weighted by Gasteiger charge is -2.28. The topological polar surface area (TPSA) is 110 Å². The van der Waals surface area contributed by atoms with Gasteiger partial charge >= 0.3 is 0 Å². The molecule has 1 aliphatic rings. The zero-order chi connectivity index (χ0) is 18.4. The molecule has 0 unspecified atom stereocenters. The SMILES string of the molecule is CNS(=O)(=O)c1ccc2c(c1)CN(S(=O)(=O)c1c(C)noc1C)CC2. The van der Waals surface area contributed by atoms with Crippen LogP contribution in [0.1, 0.15) is 22.6 Å². The molecule has 25 heavy (non-hydrogen) atoms. The fourth-order valence-electron chi connectivity index (χ4n) is 2.97. The maximum atomic E-state index is 12.9. The number of sulfonamides is 2. The normalized spacial score (nSPS) is 16.0. The van der Waals surface area contributed by atoms with Crippen molar-refractivity contribution in [2.24, 2.45) is 0 Å². The maximum absolute atomic E-state index is 12.9. The zero-order valence-electron chi connectivity index (χ0n) is 14.1. The lowest BCUT2D eigenvalue weighted by molar-refractivity contribution is 0.381. The Hall–Kier alpha value is -1.75.